The highest BCUT2D eigenvalue weighted by Gasteiger charge is 2.44. The van der Waals surface area contributed by atoms with Gasteiger partial charge in [0, 0.05) is 19.6 Å². The molecular formula is C10H19F3N2. The van der Waals surface area contributed by atoms with Crippen LogP contribution in [0.2, 0.25) is 0 Å². The molecular weight excluding hydrogens is 205 g/mol. The highest BCUT2D eigenvalue weighted by atomic mass is 19.4. The number of hydrogen-bond acceptors (Lipinski definition) is 2. The number of alkyl halides is 3. The second-order valence-corrected chi connectivity index (χ2v) is 4.69. The topological polar surface area (TPSA) is 29.3 Å². The van der Waals surface area contributed by atoms with Gasteiger partial charge in [0.2, 0.25) is 0 Å². The fourth-order valence-electron chi connectivity index (χ4n) is 2.46. The third-order valence-electron chi connectivity index (χ3n) is 2.94. The van der Waals surface area contributed by atoms with E-state index in [-0.39, 0.29) is 6.54 Å². The Labute approximate surface area is 88.6 Å². The van der Waals surface area contributed by atoms with E-state index in [1.54, 1.807) is 0 Å². The predicted molar refractivity (Wildman–Crippen MR) is 53.4 cm³/mol. The maximum atomic E-state index is 12.6. The Hall–Kier alpha value is -0.290. The van der Waals surface area contributed by atoms with E-state index in [0.717, 1.165) is 6.42 Å². The normalized spacial score (nSPS) is 31.6. The number of nitrogens with zero attached hydrogens (tertiary/aromatic N) is 1. The lowest BCUT2D eigenvalue weighted by Gasteiger charge is -2.40. The largest absolute Gasteiger partial charge is 0.405 e. The number of likely N-dealkylation sites (tertiary alicyclic amines) is 1. The zero-order chi connectivity index (χ0) is 11.6. The van der Waals surface area contributed by atoms with E-state index in [4.69, 9.17) is 5.73 Å². The van der Waals surface area contributed by atoms with E-state index < -0.39 is 12.2 Å². The minimum absolute atomic E-state index is 0.324. The van der Waals surface area contributed by atoms with Crippen molar-refractivity contribution in [3.8, 4) is 0 Å². The number of hydrogen-bond donors (Lipinski definition) is 1. The fourth-order valence-corrected chi connectivity index (χ4v) is 2.46. The lowest BCUT2D eigenvalue weighted by molar-refractivity contribution is -0.186. The van der Waals surface area contributed by atoms with Crippen molar-refractivity contribution in [2.45, 2.75) is 32.5 Å². The van der Waals surface area contributed by atoms with E-state index in [2.05, 4.69) is 0 Å². The van der Waals surface area contributed by atoms with Crippen LogP contribution in [0.1, 0.15) is 20.3 Å². The lowest BCUT2D eigenvalue weighted by atomic mass is 9.91. The van der Waals surface area contributed by atoms with E-state index in [1.807, 2.05) is 13.8 Å². The van der Waals surface area contributed by atoms with Crippen molar-refractivity contribution in [3.05, 3.63) is 0 Å². The predicted octanol–water partition coefficient (Wildman–Crippen LogP) is 1.85. The summed E-state index contributed by atoms with van der Waals surface area (Å²) >= 11 is 0. The van der Waals surface area contributed by atoms with Crippen LogP contribution in [0.25, 0.3) is 0 Å². The number of piperidine rings is 1. The summed E-state index contributed by atoms with van der Waals surface area (Å²) in [5.74, 6) is 0.648. The Kier molecular flexibility index (Phi) is 4.00. The maximum Gasteiger partial charge on any atom is 0.405 e. The molecule has 1 aliphatic rings. The molecule has 0 amide bonds. The average molecular weight is 224 g/mol. The lowest BCUT2D eigenvalue weighted by Crippen LogP contribution is -2.54. The van der Waals surface area contributed by atoms with Crippen LogP contribution in [0.15, 0.2) is 0 Å². The van der Waals surface area contributed by atoms with Gasteiger partial charge in [0.05, 0.1) is 0 Å². The van der Waals surface area contributed by atoms with Gasteiger partial charge in [-0.2, -0.15) is 13.2 Å². The van der Waals surface area contributed by atoms with Crippen LogP contribution >= 0.6 is 0 Å². The molecule has 1 aliphatic heterocycles. The Morgan fingerprint density at radius 3 is 2.07 bits per heavy atom. The minimum atomic E-state index is -4.20. The van der Waals surface area contributed by atoms with Gasteiger partial charge < -0.3 is 5.73 Å². The first-order valence-electron chi connectivity index (χ1n) is 5.35. The van der Waals surface area contributed by atoms with Crippen LogP contribution in [0.3, 0.4) is 0 Å². The molecule has 0 saturated carbocycles. The molecule has 0 radical (unpaired) electrons. The fraction of sp³-hybridized carbons (Fsp3) is 1.00. The molecule has 3 atom stereocenters. The molecule has 0 aliphatic carbocycles. The van der Waals surface area contributed by atoms with Gasteiger partial charge in [-0.15, -0.1) is 0 Å². The standard InChI is InChI=1S/C10H19F3N2/c1-7-3-8(2)6-15(5-7)9(4-14)10(11,12)13/h7-9H,3-6,14H2,1-2H3. The molecule has 5 heteroatoms. The van der Waals surface area contributed by atoms with Gasteiger partial charge >= 0.3 is 6.18 Å². The third kappa shape index (κ3) is 3.34. The first-order valence-corrected chi connectivity index (χ1v) is 5.35. The van der Waals surface area contributed by atoms with Crippen LogP contribution < -0.4 is 5.73 Å². The van der Waals surface area contributed by atoms with Gasteiger partial charge in [0.15, 0.2) is 0 Å². The van der Waals surface area contributed by atoms with Crippen LogP contribution in [0.5, 0.6) is 0 Å². The molecule has 1 rings (SSSR count). The molecule has 3 unspecified atom stereocenters. The van der Waals surface area contributed by atoms with Crippen molar-refractivity contribution >= 4 is 0 Å². The highest BCUT2D eigenvalue weighted by molar-refractivity contribution is 4.85. The molecule has 1 saturated heterocycles. The van der Waals surface area contributed by atoms with E-state index >= 15 is 0 Å². The summed E-state index contributed by atoms with van der Waals surface area (Å²) in [6.45, 7) is 4.65. The Morgan fingerprint density at radius 2 is 1.73 bits per heavy atom. The van der Waals surface area contributed by atoms with E-state index in [9.17, 15) is 13.2 Å². The third-order valence-corrected chi connectivity index (χ3v) is 2.94. The first-order chi connectivity index (χ1) is 6.84. The molecule has 0 aromatic rings. The van der Waals surface area contributed by atoms with Crippen molar-refractivity contribution < 1.29 is 13.2 Å². The molecule has 90 valence electrons. The van der Waals surface area contributed by atoms with Crippen LogP contribution in [0, 0.1) is 11.8 Å². The second-order valence-electron chi connectivity index (χ2n) is 4.69. The Bertz CT molecular complexity index is 195. The Morgan fingerprint density at radius 1 is 1.27 bits per heavy atom. The average Bonchev–Trinajstić information content (AvgIpc) is 1.99. The second kappa shape index (κ2) is 4.70. The SMILES string of the molecule is CC1CC(C)CN(C(CN)C(F)(F)F)C1. The van der Waals surface area contributed by atoms with Crippen molar-refractivity contribution in [1.82, 2.24) is 4.90 Å². The number of nitrogens with two attached hydrogens (primary N) is 1. The van der Waals surface area contributed by atoms with Gasteiger partial charge in [-0.25, -0.2) is 0 Å². The van der Waals surface area contributed by atoms with Crippen molar-refractivity contribution in [2.75, 3.05) is 19.6 Å². The minimum Gasteiger partial charge on any atom is -0.329 e. The van der Waals surface area contributed by atoms with Crippen molar-refractivity contribution in [3.63, 3.8) is 0 Å². The summed E-state index contributed by atoms with van der Waals surface area (Å²) in [6.07, 6.45) is -3.20. The van der Waals surface area contributed by atoms with Gasteiger partial charge in [-0.3, -0.25) is 4.90 Å². The molecule has 1 fully saturated rings. The highest BCUT2D eigenvalue weighted by Crippen LogP contribution is 2.29. The molecule has 2 nitrogen and oxygen atoms in total. The van der Waals surface area contributed by atoms with Crippen LogP contribution in [-0.2, 0) is 0 Å². The summed E-state index contributed by atoms with van der Waals surface area (Å²) in [4.78, 5) is 1.48. The maximum absolute atomic E-state index is 12.6. The first kappa shape index (κ1) is 12.8. The number of halogens is 3. The molecule has 1 heterocycles. The monoisotopic (exact) mass is 224 g/mol. The zero-order valence-electron chi connectivity index (χ0n) is 9.22. The van der Waals surface area contributed by atoms with E-state index in [0.29, 0.717) is 24.9 Å². The van der Waals surface area contributed by atoms with Crippen molar-refractivity contribution in [2.24, 2.45) is 17.6 Å². The summed E-state index contributed by atoms with van der Waals surface area (Å²) in [5.41, 5.74) is 5.22. The van der Waals surface area contributed by atoms with Crippen LogP contribution in [-0.4, -0.2) is 36.8 Å². The smallest absolute Gasteiger partial charge is 0.329 e. The Balaban J connectivity index is 2.68. The van der Waals surface area contributed by atoms with Gasteiger partial charge in [-0.1, -0.05) is 13.8 Å². The summed E-state index contributed by atoms with van der Waals surface area (Å²) in [6, 6.07) is -1.47. The molecule has 0 bridgehead atoms. The molecule has 2 N–H and O–H groups in total. The zero-order valence-corrected chi connectivity index (χ0v) is 9.22. The molecule has 0 aromatic heterocycles. The summed E-state index contributed by atoms with van der Waals surface area (Å²) < 4.78 is 37.9. The van der Waals surface area contributed by atoms with Gasteiger partial charge in [0.25, 0.3) is 0 Å². The quantitative estimate of drug-likeness (QED) is 0.775. The summed E-state index contributed by atoms with van der Waals surface area (Å²) in [5, 5.41) is 0. The summed E-state index contributed by atoms with van der Waals surface area (Å²) in [7, 11) is 0. The number of rotatable bonds is 2. The van der Waals surface area contributed by atoms with Crippen LogP contribution in [0.4, 0.5) is 13.2 Å². The van der Waals surface area contributed by atoms with Gasteiger partial charge in [-0.05, 0) is 18.3 Å². The molecule has 0 aromatic carbocycles. The molecule has 0 spiro atoms. The van der Waals surface area contributed by atoms with Gasteiger partial charge in [0.1, 0.15) is 6.04 Å². The van der Waals surface area contributed by atoms with E-state index in [1.165, 1.54) is 4.90 Å². The molecule has 15 heavy (non-hydrogen) atoms. The van der Waals surface area contributed by atoms with Crippen molar-refractivity contribution in [1.29, 1.82) is 0 Å².